The summed E-state index contributed by atoms with van der Waals surface area (Å²) in [5.41, 5.74) is 2.23. The maximum Gasteiger partial charge on any atom is 0.491 e. The fourth-order valence-electron chi connectivity index (χ4n) is 2.73. The zero-order chi connectivity index (χ0) is 16.4. The fourth-order valence-corrected chi connectivity index (χ4v) is 2.73. The lowest BCUT2D eigenvalue weighted by atomic mass is 9.72. The lowest BCUT2D eigenvalue weighted by Gasteiger charge is -2.19. The minimum atomic E-state index is -0.986. The van der Waals surface area contributed by atoms with Crippen molar-refractivity contribution in [1.29, 1.82) is 0 Å². The molecule has 7 heteroatoms. The van der Waals surface area contributed by atoms with Crippen LogP contribution in [0.1, 0.15) is 21.5 Å². The number of hydrogen-bond donors (Lipinski definition) is 1. The summed E-state index contributed by atoms with van der Waals surface area (Å²) in [7, 11) is -0.986. The van der Waals surface area contributed by atoms with Crippen molar-refractivity contribution in [3.8, 4) is 0 Å². The number of para-hydroxylation sites is 1. The van der Waals surface area contributed by atoms with Gasteiger partial charge < -0.3 is 9.68 Å². The molecule has 1 aliphatic rings. The third-order valence-electron chi connectivity index (χ3n) is 3.89. The number of ketones is 1. The van der Waals surface area contributed by atoms with Crippen LogP contribution in [0.15, 0.2) is 42.5 Å². The van der Waals surface area contributed by atoms with Gasteiger partial charge in [0, 0.05) is 19.1 Å². The average Bonchev–Trinajstić information content (AvgIpc) is 2.55. The van der Waals surface area contributed by atoms with Crippen LogP contribution in [-0.4, -0.2) is 29.5 Å². The molecule has 0 amide bonds. The number of rotatable bonds is 4. The minimum absolute atomic E-state index is 0.0326. The molecular formula is C16H14BNO5. The Morgan fingerprint density at radius 3 is 2.87 bits per heavy atom. The quantitative estimate of drug-likeness (QED) is 0.397. The van der Waals surface area contributed by atoms with E-state index in [0.717, 1.165) is 5.56 Å². The number of fused-ring (bicyclic) bond motifs is 1. The highest BCUT2D eigenvalue weighted by Crippen LogP contribution is 2.20. The molecule has 0 saturated heterocycles. The van der Waals surface area contributed by atoms with Crippen molar-refractivity contribution in [3.63, 3.8) is 0 Å². The molecule has 6 nitrogen and oxygen atoms in total. The van der Waals surface area contributed by atoms with Gasteiger partial charge in [-0.1, -0.05) is 30.3 Å². The zero-order valence-electron chi connectivity index (χ0n) is 12.3. The third-order valence-corrected chi connectivity index (χ3v) is 3.89. The van der Waals surface area contributed by atoms with E-state index in [4.69, 9.17) is 4.65 Å². The molecule has 1 N–H and O–H groups in total. The largest absolute Gasteiger partial charge is 0.491 e. The first-order valence-corrected chi connectivity index (χ1v) is 7.24. The summed E-state index contributed by atoms with van der Waals surface area (Å²) >= 11 is 0. The monoisotopic (exact) mass is 311 g/mol. The molecule has 2 aromatic rings. The Kier molecular flexibility index (Phi) is 4.23. The van der Waals surface area contributed by atoms with Gasteiger partial charge in [0.05, 0.1) is 10.5 Å². The van der Waals surface area contributed by atoms with Crippen LogP contribution in [0.2, 0.25) is 0 Å². The molecule has 0 radical (unpaired) electrons. The molecule has 23 heavy (non-hydrogen) atoms. The van der Waals surface area contributed by atoms with Crippen LogP contribution in [0, 0.1) is 10.1 Å². The molecule has 0 unspecified atom stereocenters. The van der Waals surface area contributed by atoms with Crippen molar-refractivity contribution in [2.24, 2.45) is 0 Å². The Bertz CT molecular complexity index is 777. The normalized spacial score (nSPS) is 13.5. The van der Waals surface area contributed by atoms with Crippen LogP contribution in [0.25, 0.3) is 0 Å². The molecule has 0 atom stereocenters. The topological polar surface area (TPSA) is 89.7 Å². The number of nitrogens with zero attached hydrogens (tertiary/aromatic N) is 1. The molecule has 1 heterocycles. The van der Waals surface area contributed by atoms with Crippen molar-refractivity contribution in [1.82, 2.24) is 0 Å². The summed E-state index contributed by atoms with van der Waals surface area (Å²) in [5, 5.41) is 20.9. The summed E-state index contributed by atoms with van der Waals surface area (Å²) in [4.78, 5) is 22.8. The molecule has 0 spiro atoms. The van der Waals surface area contributed by atoms with E-state index in [2.05, 4.69) is 0 Å². The van der Waals surface area contributed by atoms with Gasteiger partial charge in [-0.05, 0) is 29.1 Å². The number of hydrogen-bond acceptors (Lipinski definition) is 5. The van der Waals surface area contributed by atoms with E-state index in [1.807, 2.05) is 12.1 Å². The second-order valence-electron chi connectivity index (χ2n) is 5.38. The van der Waals surface area contributed by atoms with E-state index < -0.39 is 12.0 Å². The summed E-state index contributed by atoms with van der Waals surface area (Å²) in [6.45, 7) is 0.461. The van der Waals surface area contributed by atoms with Crippen LogP contribution in [-0.2, 0) is 17.5 Å². The van der Waals surface area contributed by atoms with Crippen molar-refractivity contribution in [2.75, 3.05) is 6.61 Å². The molecular weight excluding hydrogens is 297 g/mol. The number of carbonyl (C=O) groups is 1. The summed E-state index contributed by atoms with van der Waals surface area (Å²) < 4.78 is 5.18. The van der Waals surface area contributed by atoms with Crippen molar-refractivity contribution in [3.05, 3.63) is 69.3 Å². The smallest absolute Gasteiger partial charge is 0.423 e. The third kappa shape index (κ3) is 3.15. The van der Waals surface area contributed by atoms with Gasteiger partial charge in [-0.15, -0.1) is 0 Å². The first-order chi connectivity index (χ1) is 11.1. The van der Waals surface area contributed by atoms with Gasteiger partial charge in [-0.2, -0.15) is 0 Å². The maximum atomic E-state index is 12.4. The van der Waals surface area contributed by atoms with E-state index in [-0.39, 0.29) is 23.5 Å². The zero-order valence-corrected chi connectivity index (χ0v) is 12.3. The summed E-state index contributed by atoms with van der Waals surface area (Å²) in [6.07, 6.45) is 0.746. The highest BCUT2D eigenvalue weighted by atomic mass is 16.6. The van der Waals surface area contributed by atoms with Gasteiger partial charge in [0.1, 0.15) is 0 Å². The molecule has 0 saturated carbocycles. The molecule has 3 rings (SSSR count). The Morgan fingerprint density at radius 1 is 1.30 bits per heavy atom. The molecule has 116 valence electrons. The van der Waals surface area contributed by atoms with Gasteiger partial charge in [-0.3, -0.25) is 14.9 Å². The summed E-state index contributed by atoms with van der Waals surface area (Å²) in [6, 6.07) is 11.3. The van der Waals surface area contributed by atoms with Crippen LogP contribution in [0.5, 0.6) is 0 Å². The van der Waals surface area contributed by atoms with Crippen LogP contribution in [0.3, 0.4) is 0 Å². The van der Waals surface area contributed by atoms with Gasteiger partial charge in [0.15, 0.2) is 5.78 Å². The second kappa shape index (κ2) is 6.32. The Balaban J connectivity index is 1.87. The van der Waals surface area contributed by atoms with E-state index in [9.17, 15) is 19.9 Å². The van der Waals surface area contributed by atoms with Crippen molar-refractivity contribution in [2.45, 2.75) is 12.8 Å². The molecule has 0 bridgehead atoms. The Labute approximate surface area is 133 Å². The van der Waals surface area contributed by atoms with Gasteiger partial charge in [-0.25, -0.2) is 0 Å². The van der Waals surface area contributed by atoms with Gasteiger partial charge in [0.2, 0.25) is 0 Å². The van der Waals surface area contributed by atoms with Crippen LogP contribution in [0.4, 0.5) is 5.69 Å². The lowest BCUT2D eigenvalue weighted by molar-refractivity contribution is -0.385. The highest BCUT2D eigenvalue weighted by molar-refractivity contribution is 6.60. The van der Waals surface area contributed by atoms with Gasteiger partial charge in [0.25, 0.3) is 5.69 Å². The Hall–Kier alpha value is -2.51. The number of carbonyl (C=O) groups excluding carboxylic acids is 1. The number of nitro groups is 1. The van der Waals surface area contributed by atoms with Crippen LogP contribution < -0.4 is 5.46 Å². The van der Waals surface area contributed by atoms with Crippen molar-refractivity contribution < 1.29 is 19.4 Å². The lowest BCUT2D eigenvalue weighted by Crippen LogP contribution is -2.41. The highest BCUT2D eigenvalue weighted by Gasteiger charge is 2.25. The second-order valence-corrected chi connectivity index (χ2v) is 5.38. The molecule has 1 aliphatic heterocycles. The van der Waals surface area contributed by atoms with E-state index in [1.54, 1.807) is 12.1 Å². The fraction of sp³-hybridized carbons (Fsp3) is 0.188. The molecule has 0 fully saturated rings. The van der Waals surface area contributed by atoms with E-state index in [1.165, 1.54) is 18.2 Å². The van der Waals surface area contributed by atoms with E-state index in [0.29, 0.717) is 24.1 Å². The van der Waals surface area contributed by atoms with Gasteiger partial charge >= 0.3 is 7.12 Å². The standard InChI is InChI=1S/C16H14BNO5/c19-16(13-3-1-2-4-15(13)18(21)22)10-11-5-6-12-7-8-23-17(20)14(12)9-11/h1-6,9,20H,7-8,10H2. The summed E-state index contributed by atoms with van der Waals surface area (Å²) in [5.74, 6) is -0.330. The maximum absolute atomic E-state index is 12.4. The SMILES string of the molecule is O=C(Cc1ccc2c(c1)B(O)OCC2)c1ccccc1[N+](=O)[O-]. The van der Waals surface area contributed by atoms with Crippen LogP contribution >= 0.6 is 0 Å². The molecule has 0 aliphatic carbocycles. The average molecular weight is 311 g/mol. The number of Topliss-reactive ketones (excluding diaryl/α,β-unsaturated/α-hetero) is 1. The van der Waals surface area contributed by atoms with Crippen molar-refractivity contribution >= 4 is 24.1 Å². The Morgan fingerprint density at radius 2 is 2.09 bits per heavy atom. The molecule has 2 aromatic carbocycles. The molecule has 0 aromatic heterocycles. The van der Waals surface area contributed by atoms with E-state index >= 15 is 0 Å². The number of benzene rings is 2. The first-order valence-electron chi connectivity index (χ1n) is 7.24. The first kappa shape index (κ1) is 15.4. The number of nitro benzene ring substituents is 1. The minimum Gasteiger partial charge on any atom is -0.423 e. The predicted molar refractivity (Wildman–Crippen MR) is 84.8 cm³/mol. The predicted octanol–water partition coefficient (Wildman–Crippen LogP) is 1.28.